The van der Waals surface area contributed by atoms with E-state index in [0.717, 1.165) is 18.8 Å². The number of nitrogens with zero attached hydrogens (tertiary/aromatic N) is 1. The Bertz CT molecular complexity index is 776. The summed E-state index contributed by atoms with van der Waals surface area (Å²) in [6, 6.07) is 4.27. The van der Waals surface area contributed by atoms with Gasteiger partial charge in [-0.25, -0.2) is 0 Å². The highest BCUT2D eigenvalue weighted by atomic mass is 32.1. The first kappa shape index (κ1) is 18.8. The Morgan fingerprint density at radius 2 is 2.08 bits per heavy atom. The summed E-state index contributed by atoms with van der Waals surface area (Å²) >= 11 is 1.70. The number of thiophene rings is 1. The molecular formula is C19H25N3O3S. The minimum absolute atomic E-state index is 0.0277. The molecule has 1 atom stereocenters. The van der Waals surface area contributed by atoms with Crippen LogP contribution < -0.4 is 5.32 Å². The van der Waals surface area contributed by atoms with Crippen LogP contribution >= 0.6 is 11.3 Å². The predicted molar refractivity (Wildman–Crippen MR) is 102 cm³/mol. The molecule has 1 fully saturated rings. The molecule has 140 valence electrons. The number of aryl methyl sites for hydroxylation is 1. The number of Topliss-reactive ketones (excluding diaryl/α,β-unsaturated/α-hetero) is 1. The topological polar surface area (TPSA) is 74.4 Å². The molecule has 2 N–H and O–H groups in total. The molecule has 1 saturated heterocycles. The Kier molecular flexibility index (Phi) is 5.90. The monoisotopic (exact) mass is 375 g/mol. The van der Waals surface area contributed by atoms with Gasteiger partial charge in [-0.05, 0) is 37.8 Å². The van der Waals surface area contributed by atoms with E-state index in [4.69, 9.17) is 4.74 Å². The van der Waals surface area contributed by atoms with Crippen molar-refractivity contribution in [3.05, 3.63) is 44.9 Å². The van der Waals surface area contributed by atoms with Crippen LogP contribution in [-0.4, -0.2) is 54.4 Å². The van der Waals surface area contributed by atoms with E-state index in [1.54, 1.807) is 11.3 Å². The predicted octanol–water partition coefficient (Wildman–Crippen LogP) is 2.70. The van der Waals surface area contributed by atoms with Crippen molar-refractivity contribution in [3.8, 4) is 0 Å². The highest BCUT2D eigenvalue weighted by Crippen LogP contribution is 2.26. The van der Waals surface area contributed by atoms with Gasteiger partial charge in [0.25, 0.3) is 5.91 Å². The Morgan fingerprint density at radius 1 is 1.35 bits per heavy atom. The summed E-state index contributed by atoms with van der Waals surface area (Å²) in [5.74, 6) is -0.201. The number of H-pyrrole nitrogens is 1. The zero-order valence-electron chi connectivity index (χ0n) is 15.4. The van der Waals surface area contributed by atoms with Gasteiger partial charge in [-0.1, -0.05) is 6.07 Å². The van der Waals surface area contributed by atoms with Crippen molar-refractivity contribution in [1.82, 2.24) is 15.2 Å². The van der Waals surface area contributed by atoms with E-state index in [0.29, 0.717) is 36.6 Å². The number of nitrogens with one attached hydrogen (secondary N) is 2. The van der Waals surface area contributed by atoms with Gasteiger partial charge in [0, 0.05) is 35.8 Å². The lowest BCUT2D eigenvalue weighted by atomic mass is 10.1. The Hall–Kier alpha value is -1.96. The minimum atomic E-state index is -0.173. The van der Waals surface area contributed by atoms with Crippen LogP contribution in [0.4, 0.5) is 0 Å². The summed E-state index contributed by atoms with van der Waals surface area (Å²) < 4.78 is 5.45. The fourth-order valence-electron chi connectivity index (χ4n) is 3.56. The fourth-order valence-corrected chi connectivity index (χ4v) is 4.42. The second kappa shape index (κ2) is 8.16. The summed E-state index contributed by atoms with van der Waals surface area (Å²) in [7, 11) is 0. The number of morpholine rings is 1. The van der Waals surface area contributed by atoms with E-state index in [-0.39, 0.29) is 17.7 Å². The fraction of sp³-hybridized carbons (Fsp3) is 0.474. The molecule has 0 bridgehead atoms. The molecule has 0 radical (unpaired) electrons. The molecule has 3 rings (SSSR count). The molecule has 0 saturated carbocycles. The zero-order valence-corrected chi connectivity index (χ0v) is 16.2. The van der Waals surface area contributed by atoms with Crippen LogP contribution in [0.3, 0.4) is 0 Å². The second-order valence-electron chi connectivity index (χ2n) is 6.57. The molecule has 26 heavy (non-hydrogen) atoms. The van der Waals surface area contributed by atoms with Gasteiger partial charge in [-0.15, -0.1) is 11.3 Å². The third kappa shape index (κ3) is 3.90. The van der Waals surface area contributed by atoms with Crippen molar-refractivity contribution < 1.29 is 14.3 Å². The van der Waals surface area contributed by atoms with Crippen LogP contribution in [0.5, 0.6) is 0 Å². The van der Waals surface area contributed by atoms with Gasteiger partial charge < -0.3 is 15.0 Å². The molecule has 1 aliphatic rings. The van der Waals surface area contributed by atoms with Gasteiger partial charge in [0.15, 0.2) is 5.78 Å². The van der Waals surface area contributed by atoms with Crippen LogP contribution in [0.1, 0.15) is 49.9 Å². The zero-order chi connectivity index (χ0) is 18.7. The lowest BCUT2D eigenvalue weighted by molar-refractivity contribution is 0.0169. The largest absolute Gasteiger partial charge is 0.379 e. The van der Waals surface area contributed by atoms with Gasteiger partial charge in [0.05, 0.1) is 19.3 Å². The van der Waals surface area contributed by atoms with Crippen molar-refractivity contribution in [3.63, 3.8) is 0 Å². The minimum Gasteiger partial charge on any atom is -0.379 e. The van der Waals surface area contributed by atoms with Gasteiger partial charge in [0.2, 0.25) is 0 Å². The normalized spacial score (nSPS) is 16.4. The van der Waals surface area contributed by atoms with Crippen LogP contribution in [-0.2, 0) is 4.74 Å². The Labute approximate surface area is 157 Å². The lowest BCUT2D eigenvalue weighted by Crippen LogP contribution is -2.43. The van der Waals surface area contributed by atoms with Crippen LogP contribution in [0.2, 0.25) is 0 Å². The maximum atomic E-state index is 12.7. The van der Waals surface area contributed by atoms with Crippen LogP contribution in [0.25, 0.3) is 0 Å². The molecule has 2 aromatic rings. The maximum absolute atomic E-state index is 12.7. The first-order chi connectivity index (χ1) is 12.5. The van der Waals surface area contributed by atoms with E-state index in [2.05, 4.69) is 26.6 Å². The van der Waals surface area contributed by atoms with E-state index in [1.165, 1.54) is 11.8 Å². The highest BCUT2D eigenvalue weighted by Gasteiger charge is 2.25. The summed E-state index contributed by atoms with van der Waals surface area (Å²) in [5.41, 5.74) is 2.53. The van der Waals surface area contributed by atoms with E-state index in [1.807, 2.05) is 19.9 Å². The van der Waals surface area contributed by atoms with Crippen molar-refractivity contribution in [2.75, 3.05) is 32.8 Å². The number of aromatic amines is 1. The smallest absolute Gasteiger partial charge is 0.268 e. The standard InChI is InChI=1S/C19H25N3O3S/c1-12-17(14(3)23)13(2)21-18(12)19(24)20-11-15(16-5-4-10-26-16)22-6-8-25-9-7-22/h4-5,10,15,21H,6-9,11H2,1-3H3,(H,20,24)/t15-/m0/s1. The highest BCUT2D eigenvalue weighted by molar-refractivity contribution is 7.10. The molecule has 7 heteroatoms. The lowest BCUT2D eigenvalue weighted by Gasteiger charge is -2.34. The summed E-state index contributed by atoms with van der Waals surface area (Å²) in [4.78, 5) is 31.2. The van der Waals surface area contributed by atoms with Gasteiger partial charge in [-0.2, -0.15) is 0 Å². The van der Waals surface area contributed by atoms with Gasteiger partial charge in [-0.3, -0.25) is 14.5 Å². The number of hydrogen-bond acceptors (Lipinski definition) is 5. The average Bonchev–Trinajstić information content (AvgIpc) is 3.24. The third-order valence-electron chi connectivity index (χ3n) is 4.83. The molecule has 6 nitrogen and oxygen atoms in total. The Morgan fingerprint density at radius 3 is 2.65 bits per heavy atom. The molecule has 0 aromatic carbocycles. The molecule has 0 unspecified atom stereocenters. The number of carbonyl (C=O) groups excluding carboxylic acids is 2. The second-order valence-corrected chi connectivity index (χ2v) is 7.55. The van der Waals surface area contributed by atoms with Gasteiger partial charge >= 0.3 is 0 Å². The van der Waals surface area contributed by atoms with Crippen molar-refractivity contribution >= 4 is 23.0 Å². The van der Waals surface area contributed by atoms with Crippen molar-refractivity contribution in [2.24, 2.45) is 0 Å². The molecule has 2 aromatic heterocycles. The number of ether oxygens (including phenoxy) is 1. The van der Waals surface area contributed by atoms with E-state index in [9.17, 15) is 9.59 Å². The molecule has 1 amide bonds. The number of amides is 1. The molecular weight excluding hydrogens is 350 g/mol. The number of ketones is 1. The van der Waals surface area contributed by atoms with Crippen LogP contribution in [0, 0.1) is 13.8 Å². The number of rotatable bonds is 6. The van der Waals surface area contributed by atoms with E-state index < -0.39 is 0 Å². The Balaban J connectivity index is 1.74. The van der Waals surface area contributed by atoms with Gasteiger partial charge in [0.1, 0.15) is 5.69 Å². The summed E-state index contributed by atoms with van der Waals surface area (Å²) in [6.07, 6.45) is 0. The maximum Gasteiger partial charge on any atom is 0.268 e. The third-order valence-corrected chi connectivity index (χ3v) is 5.80. The first-order valence-corrected chi connectivity index (χ1v) is 9.70. The molecule has 1 aliphatic heterocycles. The number of carbonyl (C=O) groups is 2. The van der Waals surface area contributed by atoms with Crippen LogP contribution in [0.15, 0.2) is 17.5 Å². The molecule has 0 aliphatic carbocycles. The summed E-state index contributed by atoms with van der Waals surface area (Å²) in [5, 5.41) is 5.11. The average molecular weight is 375 g/mol. The SMILES string of the molecule is CC(=O)c1c(C)[nH]c(C(=O)NC[C@@H](c2cccs2)N2CCOCC2)c1C. The number of aromatic nitrogens is 1. The van der Waals surface area contributed by atoms with E-state index >= 15 is 0 Å². The van der Waals surface area contributed by atoms with Crippen molar-refractivity contribution in [2.45, 2.75) is 26.8 Å². The molecule has 3 heterocycles. The summed E-state index contributed by atoms with van der Waals surface area (Å²) in [6.45, 7) is 8.82. The quantitative estimate of drug-likeness (QED) is 0.762. The number of hydrogen-bond donors (Lipinski definition) is 2. The first-order valence-electron chi connectivity index (χ1n) is 8.82. The molecule has 0 spiro atoms. The van der Waals surface area contributed by atoms with Crippen molar-refractivity contribution in [1.29, 1.82) is 0 Å².